The van der Waals surface area contributed by atoms with Crippen LogP contribution in [0.2, 0.25) is 0 Å². The van der Waals surface area contributed by atoms with E-state index >= 15 is 0 Å². The average Bonchev–Trinajstić information content (AvgIpc) is 2.49. The summed E-state index contributed by atoms with van der Waals surface area (Å²) in [5.74, 6) is -1.23. The van der Waals surface area contributed by atoms with E-state index in [1.165, 1.54) is 6.92 Å². The van der Waals surface area contributed by atoms with Crippen LogP contribution in [0.4, 0.5) is 13.2 Å². The van der Waals surface area contributed by atoms with Gasteiger partial charge in [0.1, 0.15) is 6.04 Å². The number of nitrogens with zero attached hydrogens (tertiary/aromatic N) is 2. The van der Waals surface area contributed by atoms with E-state index in [-0.39, 0.29) is 0 Å². The van der Waals surface area contributed by atoms with Gasteiger partial charge in [-0.15, -0.1) is 0 Å². The summed E-state index contributed by atoms with van der Waals surface area (Å²) in [6.07, 6.45) is -3.23. The smallest absolute Gasteiger partial charge is 0.419 e. The molecular formula is C7H7F3N2O2. The van der Waals surface area contributed by atoms with Crippen molar-refractivity contribution in [2.75, 3.05) is 0 Å². The number of aromatic nitrogens is 2. The number of carboxylic acids is 1. The lowest BCUT2D eigenvalue weighted by Gasteiger charge is -2.05. The van der Waals surface area contributed by atoms with Gasteiger partial charge in [0.15, 0.2) is 0 Å². The Morgan fingerprint density at radius 1 is 1.64 bits per heavy atom. The topological polar surface area (TPSA) is 55.1 Å². The van der Waals surface area contributed by atoms with Gasteiger partial charge in [-0.2, -0.15) is 18.3 Å². The van der Waals surface area contributed by atoms with Crippen molar-refractivity contribution < 1.29 is 23.1 Å². The molecule has 0 fully saturated rings. The predicted molar refractivity (Wildman–Crippen MR) is 39.6 cm³/mol. The normalized spacial score (nSPS) is 14.0. The number of aliphatic carboxylic acids is 1. The molecule has 78 valence electrons. The fourth-order valence-electron chi connectivity index (χ4n) is 0.809. The number of halogens is 3. The van der Waals surface area contributed by atoms with Gasteiger partial charge >= 0.3 is 12.1 Å². The molecule has 1 heterocycles. The molecule has 0 aliphatic heterocycles. The van der Waals surface area contributed by atoms with Gasteiger partial charge in [0.25, 0.3) is 0 Å². The molecule has 14 heavy (non-hydrogen) atoms. The van der Waals surface area contributed by atoms with Crippen molar-refractivity contribution in [3.05, 3.63) is 18.0 Å². The summed E-state index contributed by atoms with van der Waals surface area (Å²) in [7, 11) is 0. The zero-order valence-electron chi connectivity index (χ0n) is 7.12. The van der Waals surface area contributed by atoms with Crippen molar-refractivity contribution in [2.45, 2.75) is 19.1 Å². The zero-order chi connectivity index (χ0) is 10.9. The largest absolute Gasteiger partial charge is 0.480 e. The molecule has 0 unspecified atom stereocenters. The first-order valence-electron chi connectivity index (χ1n) is 3.66. The van der Waals surface area contributed by atoms with Crippen LogP contribution in [0, 0.1) is 0 Å². The fourth-order valence-corrected chi connectivity index (χ4v) is 0.809. The van der Waals surface area contributed by atoms with Crippen molar-refractivity contribution in [1.29, 1.82) is 0 Å². The van der Waals surface area contributed by atoms with Crippen LogP contribution in [0.5, 0.6) is 0 Å². The molecule has 0 saturated carbocycles. The molecule has 0 radical (unpaired) electrons. The first kappa shape index (κ1) is 10.6. The SMILES string of the molecule is C[C@H](C(=O)O)n1cc(C(F)(F)F)cn1. The lowest BCUT2D eigenvalue weighted by atomic mass is 10.3. The lowest BCUT2D eigenvalue weighted by molar-refractivity contribution is -0.141. The van der Waals surface area contributed by atoms with E-state index in [0.29, 0.717) is 12.4 Å². The molecule has 4 nitrogen and oxygen atoms in total. The standard InChI is InChI=1S/C7H7F3N2O2/c1-4(6(13)14)12-3-5(2-11-12)7(8,9)10/h2-4H,1H3,(H,13,14)/t4-/m1/s1. The molecule has 0 saturated heterocycles. The highest BCUT2D eigenvalue weighted by Crippen LogP contribution is 2.28. The summed E-state index contributed by atoms with van der Waals surface area (Å²) >= 11 is 0. The van der Waals surface area contributed by atoms with Crippen LogP contribution in [-0.2, 0) is 11.0 Å². The van der Waals surface area contributed by atoms with E-state index < -0.39 is 23.8 Å². The van der Waals surface area contributed by atoms with Gasteiger partial charge in [-0.25, -0.2) is 4.79 Å². The number of carboxylic acid groups (broad SMARTS) is 1. The molecule has 0 aromatic carbocycles. The molecule has 7 heteroatoms. The van der Waals surface area contributed by atoms with Crippen molar-refractivity contribution in [1.82, 2.24) is 9.78 Å². The Morgan fingerprint density at radius 3 is 2.57 bits per heavy atom. The number of alkyl halides is 3. The molecule has 1 atom stereocenters. The second-order valence-electron chi connectivity index (χ2n) is 2.72. The van der Waals surface area contributed by atoms with E-state index in [1.54, 1.807) is 0 Å². The highest BCUT2D eigenvalue weighted by atomic mass is 19.4. The Balaban J connectivity index is 2.94. The lowest BCUT2D eigenvalue weighted by Crippen LogP contribution is -2.16. The fraction of sp³-hybridized carbons (Fsp3) is 0.429. The molecule has 1 N–H and O–H groups in total. The Bertz CT molecular complexity index is 345. The third kappa shape index (κ3) is 2.04. The first-order valence-corrected chi connectivity index (χ1v) is 3.66. The summed E-state index contributed by atoms with van der Waals surface area (Å²) in [4.78, 5) is 10.4. The van der Waals surface area contributed by atoms with E-state index in [2.05, 4.69) is 5.10 Å². The number of rotatable bonds is 2. The third-order valence-electron chi connectivity index (χ3n) is 1.68. The van der Waals surface area contributed by atoms with Crippen LogP contribution in [0.1, 0.15) is 18.5 Å². The highest BCUT2D eigenvalue weighted by molar-refractivity contribution is 5.71. The van der Waals surface area contributed by atoms with Crippen LogP contribution < -0.4 is 0 Å². The Labute approximate surface area is 77.0 Å². The van der Waals surface area contributed by atoms with Gasteiger partial charge in [-0.3, -0.25) is 4.68 Å². The van der Waals surface area contributed by atoms with Crippen molar-refractivity contribution in [3.63, 3.8) is 0 Å². The van der Waals surface area contributed by atoms with E-state index in [9.17, 15) is 18.0 Å². The van der Waals surface area contributed by atoms with E-state index in [4.69, 9.17) is 5.11 Å². The van der Waals surface area contributed by atoms with Crippen molar-refractivity contribution in [3.8, 4) is 0 Å². The molecule has 0 aliphatic rings. The summed E-state index contributed by atoms with van der Waals surface area (Å²) in [5.41, 5.74) is -0.953. The molecule has 1 aromatic heterocycles. The maximum Gasteiger partial charge on any atom is 0.419 e. The molecular weight excluding hydrogens is 201 g/mol. The van der Waals surface area contributed by atoms with Crippen molar-refractivity contribution >= 4 is 5.97 Å². The number of hydrogen-bond acceptors (Lipinski definition) is 2. The van der Waals surface area contributed by atoms with Gasteiger partial charge in [0.05, 0.1) is 11.8 Å². The average molecular weight is 208 g/mol. The van der Waals surface area contributed by atoms with Gasteiger partial charge in [0, 0.05) is 6.20 Å². The summed E-state index contributed by atoms with van der Waals surface area (Å²) in [6.45, 7) is 1.25. The van der Waals surface area contributed by atoms with Crippen molar-refractivity contribution in [2.24, 2.45) is 0 Å². The monoisotopic (exact) mass is 208 g/mol. The maximum atomic E-state index is 12.1. The van der Waals surface area contributed by atoms with Crippen LogP contribution in [0.15, 0.2) is 12.4 Å². The van der Waals surface area contributed by atoms with Gasteiger partial charge in [-0.1, -0.05) is 0 Å². The Morgan fingerprint density at radius 2 is 2.21 bits per heavy atom. The van der Waals surface area contributed by atoms with Crippen LogP contribution in [0.25, 0.3) is 0 Å². The van der Waals surface area contributed by atoms with E-state index in [0.717, 1.165) is 4.68 Å². The second-order valence-corrected chi connectivity index (χ2v) is 2.72. The highest BCUT2D eigenvalue weighted by Gasteiger charge is 2.33. The number of carbonyl (C=O) groups is 1. The quantitative estimate of drug-likeness (QED) is 0.802. The molecule has 0 aliphatic carbocycles. The molecule has 1 aromatic rings. The number of hydrogen-bond donors (Lipinski definition) is 1. The minimum Gasteiger partial charge on any atom is -0.480 e. The van der Waals surface area contributed by atoms with E-state index in [1.807, 2.05) is 0 Å². The molecule has 0 bridgehead atoms. The van der Waals surface area contributed by atoms with Gasteiger partial charge in [-0.05, 0) is 6.92 Å². The third-order valence-corrected chi connectivity index (χ3v) is 1.68. The summed E-state index contributed by atoms with van der Waals surface area (Å²) in [5, 5.41) is 11.8. The summed E-state index contributed by atoms with van der Waals surface area (Å²) in [6, 6.07) is -1.11. The Hall–Kier alpha value is -1.53. The molecule has 0 amide bonds. The van der Waals surface area contributed by atoms with Crippen LogP contribution >= 0.6 is 0 Å². The van der Waals surface area contributed by atoms with Gasteiger partial charge in [0.2, 0.25) is 0 Å². The zero-order valence-corrected chi connectivity index (χ0v) is 7.12. The predicted octanol–water partition coefficient (Wildman–Crippen LogP) is 1.55. The maximum absolute atomic E-state index is 12.1. The Kier molecular flexibility index (Phi) is 2.50. The minimum absolute atomic E-state index is 0.597. The molecule has 1 rings (SSSR count). The van der Waals surface area contributed by atoms with Gasteiger partial charge < -0.3 is 5.11 Å². The molecule has 0 spiro atoms. The summed E-state index contributed by atoms with van der Waals surface area (Å²) < 4.78 is 37.0. The van der Waals surface area contributed by atoms with Crippen LogP contribution in [0.3, 0.4) is 0 Å². The first-order chi connectivity index (χ1) is 6.32. The minimum atomic E-state index is -4.49. The van der Waals surface area contributed by atoms with Crippen LogP contribution in [-0.4, -0.2) is 20.9 Å². The second kappa shape index (κ2) is 3.32.